The minimum Gasteiger partial charge on any atom is -0.497 e. The van der Waals surface area contributed by atoms with Crippen molar-refractivity contribution >= 4 is 23.7 Å². The Morgan fingerprint density at radius 2 is 1.90 bits per heavy atom. The second-order valence-electron chi connectivity index (χ2n) is 6.57. The third-order valence-corrected chi connectivity index (χ3v) is 4.31. The van der Waals surface area contributed by atoms with E-state index in [4.69, 9.17) is 4.74 Å². The number of carbonyl (C=O) groups excluding carboxylic acids is 2. The number of rotatable bonds is 10. The number of hydrogen-bond donors (Lipinski definition) is 2. The lowest BCUT2D eigenvalue weighted by atomic mass is 10.1. The molecule has 30 heavy (non-hydrogen) atoms. The summed E-state index contributed by atoms with van der Waals surface area (Å²) in [6, 6.07) is 12.3. The number of benzene rings is 2. The van der Waals surface area contributed by atoms with Crippen LogP contribution in [0.4, 0.5) is 5.69 Å². The molecule has 158 valence electrons. The number of ether oxygens (including phenoxy) is 1. The van der Waals surface area contributed by atoms with Crippen molar-refractivity contribution in [1.29, 1.82) is 0 Å². The summed E-state index contributed by atoms with van der Waals surface area (Å²) in [6.07, 6.45) is 3.01. The second-order valence-corrected chi connectivity index (χ2v) is 6.57. The molecular weight excluding hydrogens is 388 g/mol. The third kappa shape index (κ3) is 7.34. The molecule has 0 atom stereocenters. The number of carbonyl (C=O) groups is 2. The molecule has 0 aliphatic rings. The first-order chi connectivity index (χ1) is 14.4. The summed E-state index contributed by atoms with van der Waals surface area (Å²) in [4.78, 5) is 34.1. The molecule has 9 nitrogen and oxygen atoms in total. The first-order valence-corrected chi connectivity index (χ1v) is 9.35. The summed E-state index contributed by atoms with van der Waals surface area (Å²) in [5.41, 5.74) is 4.38. The smallest absolute Gasteiger partial charge is 0.272 e. The molecule has 0 radical (unpaired) electrons. The van der Waals surface area contributed by atoms with Crippen LogP contribution in [0, 0.1) is 17.0 Å². The summed E-state index contributed by atoms with van der Waals surface area (Å²) in [5, 5.41) is 17.2. The minimum atomic E-state index is -0.489. The highest BCUT2D eigenvalue weighted by Crippen LogP contribution is 2.18. The molecule has 2 aromatic carbocycles. The van der Waals surface area contributed by atoms with E-state index >= 15 is 0 Å². The van der Waals surface area contributed by atoms with Crippen LogP contribution < -0.4 is 15.5 Å². The molecule has 0 bridgehead atoms. The van der Waals surface area contributed by atoms with Crippen molar-refractivity contribution in [2.24, 2.45) is 5.10 Å². The monoisotopic (exact) mass is 412 g/mol. The van der Waals surface area contributed by atoms with Crippen LogP contribution in [0.5, 0.6) is 5.75 Å². The maximum atomic E-state index is 11.9. The Balaban J connectivity index is 1.68. The van der Waals surface area contributed by atoms with Gasteiger partial charge in [-0.05, 0) is 37.5 Å². The van der Waals surface area contributed by atoms with Gasteiger partial charge in [0.1, 0.15) is 5.75 Å². The van der Waals surface area contributed by atoms with Crippen LogP contribution >= 0.6 is 0 Å². The average molecular weight is 412 g/mol. The number of nitrogens with zero attached hydrogens (tertiary/aromatic N) is 2. The lowest BCUT2D eigenvalue weighted by molar-refractivity contribution is -0.385. The summed E-state index contributed by atoms with van der Waals surface area (Å²) >= 11 is 0. The van der Waals surface area contributed by atoms with Crippen molar-refractivity contribution in [2.75, 3.05) is 13.7 Å². The molecule has 0 aromatic heterocycles. The molecule has 0 aliphatic heterocycles. The zero-order valence-corrected chi connectivity index (χ0v) is 16.9. The third-order valence-electron chi connectivity index (χ3n) is 4.31. The van der Waals surface area contributed by atoms with E-state index in [0.29, 0.717) is 24.0 Å². The van der Waals surface area contributed by atoms with Gasteiger partial charge in [-0.3, -0.25) is 19.7 Å². The maximum Gasteiger partial charge on any atom is 0.272 e. The Morgan fingerprint density at radius 3 is 2.57 bits per heavy atom. The molecule has 0 saturated carbocycles. The van der Waals surface area contributed by atoms with E-state index in [0.717, 1.165) is 17.7 Å². The number of methoxy groups -OCH3 is 1. The fourth-order valence-electron chi connectivity index (χ4n) is 2.63. The zero-order chi connectivity index (χ0) is 21.9. The number of hydrazone groups is 1. The number of nitro groups is 1. The van der Waals surface area contributed by atoms with Gasteiger partial charge in [0.15, 0.2) is 0 Å². The second kappa shape index (κ2) is 11.3. The first kappa shape index (κ1) is 22.5. The number of amides is 2. The molecule has 0 fully saturated rings. The van der Waals surface area contributed by atoms with Crippen LogP contribution in [-0.4, -0.2) is 36.6 Å². The van der Waals surface area contributed by atoms with Gasteiger partial charge in [-0.15, -0.1) is 0 Å². The van der Waals surface area contributed by atoms with Gasteiger partial charge in [-0.2, -0.15) is 5.10 Å². The Labute approximate surface area is 174 Å². The van der Waals surface area contributed by atoms with E-state index in [1.807, 2.05) is 24.3 Å². The van der Waals surface area contributed by atoms with E-state index in [2.05, 4.69) is 15.8 Å². The Morgan fingerprint density at radius 1 is 1.17 bits per heavy atom. The normalized spacial score (nSPS) is 10.6. The Hall–Kier alpha value is -3.75. The van der Waals surface area contributed by atoms with E-state index in [-0.39, 0.29) is 18.1 Å². The Bertz CT molecular complexity index is 925. The predicted molar refractivity (Wildman–Crippen MR) is 113 cm³/mol. The lowest BCUT2D eigenvalue weighted by Gasteiger charge is -2.05. The number of hydrogen-bond acceptors (Lipinski definition) is 6. The van der Waals surface area contributed by atoms with Crippen LogP contribution in [-0.2, 0) is 16.0 Å². The van der Waals surface area contributed by atoms with Gasteiger partial charge in [0, 0.05) is 23.6 Å². The van der Waals surface area contributed by atoms with Gasteiger partial charge in [0.2, 0.25) is 5.91 Å². The van der Waals surface area contributed by atoms with Crippen molar-refractivity contribution in [3.8, 4) is 5.75 Å². The standard InChI is InChI=1S/C21H24N4O5/c1-15-6-7-17(12-19(15)25(28)29)13-23-24-21(27)14-22-20(26)5-3-4-16-8-10-18(30-2)11-9-16/h6-13H,3-5,14H2,1-2H3,(H,22,26)(H,24,27)/b23-13+. The average Bonchev–Trinajstić information content (AvgIpc) is 2.73. The minimum absolute atomic E-state index is 0.0211. The van der Waals surface area contributed by atoms with Crippen LogP contribution in [0.15, 0.2) is 47.6 Å². The topological polar surface area (TPSA) is 123 Å². The fourth-order valence-corrected chi connectivity index (χ4v) is 2.63. The molecule has 2 N–H and O–H groups in total. The summed E-state index contributed by atoms with van der Waals surface area (Å²) in [6.45, 7) is 1.44. The highest BCUT2D eigenvalue weighted by Gasteiger charge is 2.10. The number of nitro benzene ring substituents is 1. The van der Waals surface area contributed by atoms with Crippen LogP contribution in [0.3, 0.4) is 0 Å². The SMILES string of the molecule is COc1ccc(CCCC(=O)NCC(=O)N/N=C/c2ccc(C)c([N+](=O)[O-])c2)cc1. The number of aryl methyl sites for hydroxylation is 2. The van der Waals surface area contributed by atoms with Gasteiger partial charge in [0.25, 0.3) is 11.6 Å². The lowest BCUT2D eigenvalue weighted by Crippen LogP contribution is -2.34. The quantitative estimate of drug-likeness (QED) is 0.353. The molecule has 0 spiro atoms. The van der Waals surface area contributed by atoms with E-state index in [9.17, 15) is 19.7 Å². The molecule has 9 heteroatoms. The van der Waals surface area contributed by atoms with Crippen molar-refractivity contribution in [3.63, 3.8) is 0 Å². The molecular formula is C21H24N4O5. The zero-order valence-electron chi connectivity index (χ0n) is 16.9. The van der Waals surface area contributed by atoms with Gasteiger partial charge >= 0.3 is 0 Å². The van der Waals surface area contributed by atoms with Gasteiger partial charge in [0.05, 0.1) is 24.8 Å². The van der Waals surface area contributed by atoms with Crippen molar-refractivity contribution in [2.45, 2.75) is 26.2 Å². The van der Waals surface area contributed by atoms with Gasteiger partial charge < -0.3 is 10.1 Å². The molecule has 2 rings (SSSR count). The van der Waals surface area contributed by atoms with Crippen molar-refractivity contribution < 1.29 is 19.2 Å². The Kier molecular flexibility index (Phi) is 8.49. The summed E-state index contributed by atoms with van der Waals surface area (Å²) < 4.78 is 5.10. The van der Waals surface area contributed by atoms with Gasteiger partial charge in [-0.25, -0.2) is 5.43 Å². The molecule has 0 unspecified atom stereocenters. The first-order valence-electron chi connectivity index (χ1n) is 9.35. The van der Waals surface area contributed by atoms with Crippen LogP contribution in [0.2, 0.25) is 0 Å². The highest BCUT2D eigenvalue weighted by molar-refractivity contribution is 5.86. The van der Waals surface area contributed by atoms with Gasteiger partial charge in [-0.1, -0.05) is 24.3 Å². The predicted octanol–water partition coefficient (Wildman–Crippen LogP) is 2.50. The van der Waals surface area contributed by atoms with Crippen LogP contribution in [0.25, 0.3) is 0 Å². The van der Waals surface area contributed by atoms with E-state index in [1.54, 1.807) is 26.2 Å². The molecule has 0 saturated heterocycles. The maximum absolute atomic E-state index is 11.9. The van der Waals surface area contributed by atoms with E-state index in [1.165, 1.54) is 12.3 Å². The van der Waals surface area contributed by atoms with Crippen molar-refractivity contribution in [3.05, 3.63) is 69.3 Å². The summed E-state index contributed by atoms with van der Waals surface area (Å²) in [7, 11) is 1.61. The summed E-state index contributed by atoms with van der Waals surface area (Å²) in [5.74, 6) is 0.0685. The number of nitrogens with one attached hydrogen (secondary N) is 2. The van der Waals surface area contributed by atoms with Crippen molar-refractivity contribution in [1.82, 2.24) is 10.7 Å². The molecule has 2 aromatic rings. The molecule has 0 heterocycles. The van der Waals surface area contributed by atoms with E-state index < -0.39 is 10.8 Å². The molecule has 0 aliphatic carbocycles. The fraction of sp³-hybridized carbons (Fsp3) is 0.286. The largest absolute Gasteiger partial charge is 0.497 e. The highest BCUT2D eigenvalue weighted by atomic mass is 16.6. The van der Waals surface area contributed by atoms with Crippen LogP contribution in [0.1, 0.15) is 29.5 Å². The molecule has 2 amide bonds.